The van der Waals surface area contributed by atoms with Crippen LogP contribution in [0, 0.1) is 0 Å². The van der Waals surface area contributed by atoms with E-state index in [1.54, 1.807) is 6.26 Å². The molecule has 0 aliphatic carbocycles. The molecule has 7 heteroatoms. The SMILES string of the molecule is Cn1cc(CN2CC[C@@H]3O[C@@H](C(=O)NCc4ccco4)CC[C@@H]32)cn1. The largest absolute Gasteiger partial charge is 0.467 e. The van der Waals surface area contributed by atoms with Crippen molar-refractivity contribution in [3.63, 3.8) is 0 Å². The number of nitrogens with zero attached hydrogens (tertiary/aromatic N) is 3. The van der Waals surface area contributed by atoms with Crippen molar-refractivity contribution in [3.05, 3.63) is 42.1 Å². The first-order valence-electron chi connectivity index (χ1n) is 8.86. The molecule has 25 heavy (non-hydrogen) atoms. The highest BCUT2D eigenvalue weighted by atomic mass is 16.5. The summed E-state index contributed by atoms with van der Waals surface area (Å²) in [6.07, 6.45) is 8.10. The molecule has 1 N–H and O–H groups in total. The normalized spacial score (nSPS) is 26.5. The Kier molecular flexibility index (Phi) is 4.59. The maximum atomic E-state index is 12.4. The predicted molar refractivity (Wildman–Crippen MR) is 90.5 cm³/mol. The van der Waals surface area contributed by atoms with Gasteiger partial charge in [0.2, 0.25) is 5.91 Å². The van der Waals surface area contributed by atoms with E-state index in [0.29, 0.717) is 12.6 Å². The van der Waals surface area contributed by atoms with Gasteiger partial charge in [0.25, 0.3) is 0 Å². The molecule has 1 amide bonds. The standard InChI is InChI=1S/C18H24N4O3/c1-21-11-13(9-20-21)12-22-7-6-16-15(22)4-5-17(25-16)18(23)19-10-14-3-2-8-24-14/h2-3,8-9,11,15-17H,4-7,10,12H2,1H3,(H,19,23)/t15-,16-,17+/m0/s1. The molecule has 2 aliphatic heterocycles. The summed E-state index contributed by atoms with van der Waals surface area (Å²) in [5.74, 6) is 0.714. The number of ether oxygens (including phenoxy) is 1. The summed E-state index contributed by atoms with van der Waals surface area (Å²) < 4.78 is 13.2. The second kappa shape index (κ2) is 7.01. The molecule has 0 saturated carbocycles. The van der Waals surface area contributed by atoms with Crippen molar-refractivity contribution in [2.24, 2.45) is 7.05 Å². The third kappa shape index (κ3) is 3.62. The Balaban J connectivity index is 1.29. The lowest BCUT2D eigenvalue weighted by atomic mass is 9.98. The Morgan fingerprint density at radius 3 is 3.08 bits per heavy atom. The van der Waals surface area contributed by atoms with Gasteiger partial charge in [-0.15, -0.1) is 0 Å². The van der Waals surface area contributed by atoms with Gasteiger partial charge in [-0.3, -0.25) is 14.4 Å². The average Bonchev–Trinajstić information content (AvgIpc) is 3.35. The summed E-state index contributed by atoms with van der Waals surface area (Å²) in [6.45, 7) is 2.31. The highest BCUT2D eigenvalue weighted by Gasteiger charge is 2.41. The summed E-state index contributed by atoms with van der Waals surface area (Å²) in [5, 5.41) is 7.14. The van der Waals surface area contributed by atoms with Crippen molar-refractivity contribution in [1.29, 1.82) is 0 Å². The van der Waals surface area contributed by atoms with Crippen molar-refractivity contribution in [3.8, 4) is 0 Å². The molecule has 7 nitrogen and oxygen atoms in total. The second-order valence-corrected chi connectivity index (χ2v) is 6.89. The monoisotopic (exact) mass is 344 g/mol. The number of carbonyl (C=O) groups excluding carboxylic acids is 1. The lowest BCUT2D eigenvalue weighted by molar-refractivity contribution is -0.144. The van der Waals surface area contributed by atoms with Gasteiger partial charge >= 0.3 is 0 Å². The van der Waals surface area contributed by atoms with Crippen LogP contribution in [0.1, 0.15) is 30.6 Å². The number of hydrogen-bond donors (Lipinski definition) is 1. The molecule has 2 aromatic rings. The van der Waals surface area contributed by atoms with E-state index < -0.39 is 0 Å². The average molecular weight is 344 g/mol. The number of furan rings is 1. The quantitative estimate of drug-likeness (QED) is 0.889. The number of carbonyl (C=O) groups is 1. The molecule has 0 unspecified atom stereocenters. The predicted octanol–water partition coefficient (Wildman–Crippen LogP) is 1.45. The van der Waals surface area contributed by atoms with E-state index in [-0.39, 0.29) is 18.1 Å². The first-order valence-corrected chi connectivity index (χ1v) is 8.86. The van der Waals surface area contributed by atoms with E-state index in [0.717, 1.165) is 38.1 Å². The van der Waals surface area contributed by atoms with E-state index in [1.165, 1.54) is 5.56 Å². The molecule has 2 aliphatic rings. The van der Waals surface area contributed by atoms with E-state index in [9.17, 15) is 4.79 Å². The summed E-state index contributed by atoms with van der Waals surface area (Å²) in [7, 11) is 1.94. The fourth-order valence-corrected chi connectivity index (χ4v) is 3.89. The molecule has 0 aromatic carbocycles. The lowest BCUT2D eigenvalue weighted by Gasteiger charge is -2.35. The minimum atomic E-state index is -0.352. The van der Waals surface area contributed by atoms with Gasteiger partial charge < -0.3 is 14.5 Å². The molecule has 3 atom stereocenters. The van der Waals surface area contributed by atoms with E-state index in [2.05, 4.69) is 21.5 Å². The third-order valence-electron chi connectivity index (χ3n) is 5.12. The maximum absolute atomic E-state index is 12.4. The molecular formula is C18H24N4O3. The Labute approximate surface area is 146 Å². The number of aromatic nitrogens is 2. The van der Waals surface area contributed by atoms with Crippen LogP contribution in [0.4, 0.5) is 0 Å². The summed E-state index contributed by atoms with van der Waals surface area (Å²) in [4.78, 5) is 14.8. The summed E-state index contributed by atoms with van der Waals surface area (Å²) >= 11 is 0. The molecule has 4 heterocycles. The molecule has 2 saturated heterocycles. The third-order valence-corrected chi connectivity index (χ3v) is 5.12. The van der Waals surface area contributed by atoms with Crippen LogP contribution in [0.3, 0.4) is 0 Å². The highest BCUT2D eigenvalue weighted by Crippen LogP contribution is 2.32. The zero-order valence-corrected chi connectivity index (χ0v) is 14.4. The minimum absolute atomic E-state index is 0.0411. The van der Waals surface area contributed by atoms with Crippen molar-refractivity contribution in [2.45, 2.75) is 50.6 Å². The van der Waals surface area contributed by atoms with Gasteiger partial charge in [-0.1, -0.05) is 0 Å². The van der Waals surface area contributed by atoms with Crippen LogP contribution < -0.4 is 5.32 Å². The molecule has 0 spiro atoms. The van der Waals surface area contributed by atoms with Crippen molar-refractivity contribution < 1.29 is 13.9 Å². The molecule has 0 bridgehead atoms. The number of fused-ring (bicyclic) bond motifs is 1. The number of amides is 1. The fourth-order valence-electron chi connectivity index (χ4n) is 3.89. The van der Waals surface area contributed by atoms with Crippen LogP contribution in [0.25, 0.3) is 0 Å². The van der Waals surface area contributed by atoms with Crippen molar-refractivity contribution >= 4 is 5.91 Å². The van der Waals surface area contributed by atoms with Gasteiger partial charge in [0.15, 0.2) is 0 Å². The first-order chi connectivity index (χ1) is 12.2. The van der Waals surface area contributed by atoms with Crippen LogP contribution in [0.15, 0.2) is 35.2 Å². The number of likely N-dealkylation sites (tertiary alicyclic amines) is 1. The smallest absolute Gasteiger partial charge is 0.249 e. The van der Waals surface area contributed by atoms with E-state index >= 15 is 0 Å². The van der Waals surface area contributed by atoms with Gasteiger partial charge in [0.1, 0.15) is 11.9 Å². The van der Waals surface area contributed by atoms with Gasteiger partial charge in [-0.05, 0) is 31.4 Å². The van der Waals surface area contributed by atoms with E-state index in [4.69, 9.17) is 9.15 Å². The van der Waals surface area contributed by atoms with Gasteiger partial charge in [0.05, 0.1) is 25.1 Å². The molecule has 4 rings (SSSR count). The van der Waals surface area contributed by atoms with Crippen molar-refractivity contribution in [2.75, 3.05) is 6.54 Å². The Hall–Kier alpha value is -2.12. The summed E-state index contributed by atoms with van der Waals surface area (Å²) in [5.41, 5.74) is 1.22. The first kappa shape index (κ1) is 16.4. The number of rotatable bonds is 5. The minimum Gasteiger partial charge on any atom is -0.467 e. The van der Waals surface area contributed by atoms with Gasteiger partial charge in [0, 0.05) is 37.9 Å². The Bertz CT molecular complexity index is 712. The fraction of sp³-hybridized carbons (Fsp3) is 0.556. The highest BCUT2D eigenvalue weighted by molar-refractivity contribution is 5.80. The van der Waals surface area contributed by atoms with Crippen LogP contribution in [0.2, 0.25) is 0 Å². The maximum Gasteiger partial charge on any atom is 0.249 e. The Morgan fingerprint density at radius 2 is 2.32 bits per heavy atom. The molecule has 2 fully saturated rings. The van der Waals surface area contributed by atoms with Crippen LogP contribution in [0.5, 0.6) is 0 Å². The molecular weight excluding hydrogens is 320 g/mol. The molecule has 2 aromatic heterocycles. The number of nitrogens with one attached hydrogen (secondary N) is 1. The van der Waals surface area contributed by atoms with Gasteiger partial charge in [-0.2, -0.15) is 5.10 Å². The van der Waals surface area contributed by atoms with Crippen LogP contribution in [-0.4, -0.2) is 45.4 Å². The van der Waals surface area contributed by atoms with Gasteiger partial charge in [-0.25, -0.2) is 0 Å². The second-order valence-electron chi connectivity index (χ2n) is 6.89. The topological polar surface area (TPSA) is 72.5 Å². The zero-order valence-electron chi connectivity index (χ0n) is 14.4. The summed E-state index contributed by atoms with van der Waals surface area (Å²) in [6, 6.07) is 4.07. The number of aryl methyl sites for hydroxylation is 1. The van der Waals surface area contributed by atoms with E-state index in [1.807, 2.05) is 30.1 Å². The van der Waals surface area contributed by atoms with Crippen LogP contribution in [-0.2, 0) is 29.7 Å². The van der Waals surface area contributed by atoms with Crippen LogP contribution >= 0.6 is 0 Å². The molecule has 134 valence electrons. The van der Waals surface area contributed by atoms with Crippen molar-refractivity contribution in [1.82, 2.24) is 20.0 Å². The zero-order chi connectivity index (χ0) is 17.2. The number of hydrogen-bond acceptors (Lipinski definition) is 5. The Morgan fingerprint density at radius 1 is 1.40 bits per heavy atom. The lowest BCUT2D eigenvalue weighted by Crippen LogP contribution is -2.47. The molecule has 0 radical (unpaired) electrons.